The lowest BCUT2D eigenvalue weighted by Gasteiger charge is -2.08. The Morgan fingerprint density at radius 3 is 2.35 bits per heavy atom. The van der Waals surface area contributed by atoms with Gasteiger partial charge in [-0.05, 0) is 44.9 Å². The van der Waals surface area contributed by atoms with Crippen LogP contribution in [0.2, 0.25) is 0 Å². The highest BCUT2D eigenvalue weighted by atomic mass is 16.2. The first kappa shape index (κ1) is 15.3. The van der Waals surface area contributed by atoms with E-state index in [0.717, 1.165) is 29.9 Å². The van der Waals surface area contributed by atoms with E-state index in [9.17, 15) is 4.79 Å². The van der Waals surface area contributed by atoms with Crippen LogP contribution in [0.5, 0.6) is 0 Å². The molecule has 0 aromatic carbocycles. The molecule has 0 unspecified atom stereocenters. The molecule has 0 heterocycles. The molecule has 96 valence electrons. The topological polar surface area (TPSA) is 67.1 Å². The third-order valence-corrected chi connectivity index (χ3v) is 2.37. The molecule has 4 nitrogen and oxygen atoms in total. The molecule has 0 spiro atoms. The van der Waals surface area contributed by atoms with Gasteiger partial charge in [-0.2, -0.15) is 0 Å². The molecule has 0 aromatic rings. The zero-order valence-corrected chi connectivity index (χ0v) is 11.1. The van der Waals surface area contributed by atoms with Crippen LogP contribution in [0.1, 0.15) is 34.1 Å². The average molecular weight is 237 g/mol. The van der Waals surface area contributed by atoms with E-state index < -0.39 is 6.03 Å². The van der Waals surface area contributed by atoms with Crippen LogP contribution in [-0.2, 0) is 0 Å². The van der Waals surface area contributed by atoms with Crippen molar-refractivity contribution in [3.63, 3.8) is 0 Å². The Balaban J connectivity index is 4.87. The molecule has 0 bridgehead atoms. The molecule has 0 saturated carbocycles. The number of carbonyl (C=O) groups is 1. The molecule has 4 heteroatoms. The van der Waals surface area contributed by atoms with Crippen LogP contribution in [-0.4, -0.2) is 12.6 Å². The first-order valence-electron chi connectivity index (χ1n) is 5.89. The SMILES string of the molecule is C/C=C(\C=C/C(NC(N)=O)=C(C)CC)NCC. The fraction of sp³-hybridized carbons (Fsp3) is 0.462. The quantitative estimate of drug-likeness (QED) is 0.621. The summed E-state index contributed by atoms with van der Waals surface area (Å²) in [4.78, 5) is 10.9. The molecule has 4 N–H and O–H groups in total. The number of allylic oxidation sites excluding steroid dienone is 4. The van der Waals surface area contributed by atoms with Gasteiger partial charge in [0.25, 0.3) is 0 Å². The van der Waals surface area contributed by atoms with Gasteiger partial charge in [0.2, 0.25) is 0 Å². The van der Waals surface area contributed by atoms with Crippen molar-refractivity contribution >= 4 is 6.03 Å². The number of hydrogen-bond acceptors (Lipinski definition) is 2. The minimum Gasteiger partial charge on any atom is -0.386 e. The van der Waals surface area contributed by atoms with Crippen LogP contribution in [0.3, 0.4) is 0 Å². The number of urea groups is 1. The summed E-state index contributed by atoms with van der Waals surface area (Å²) in [6.07, 6.45) is 6.63. The van der Waals surface area contributed by atoms with Crippen molar-refractivity contribution in [1.82, 2.24) is 10.6 Å². The van der Waals surface area contributed by atoms with Crippen LogP contribution >= 0.6 is 0 Å². The lowest BCUT2D eigenvalue weighted by molar-refractivity contribution is 0.251. The van der Waals surface area contributed by atoms with Crippen LogP contribution in [0, 0.1) is 0 Å². The molecule has 0 saturated heterocycles. The van der Waals surface area contributed by atoms with Gasteiger partial charge in [-0.25, -0.2) is 4.79 Å². The summed E-state index contributed by atoms with van der Waals surface area (Å²) in [5, 5.41) is 5.83. The van der Waals surface area contributed by atoms with E-state index in [4.69, 9.17) is 5.73 Å². The molecule has 0 aliphatic carbocycles. The second kappa shape index (κ2) is 8.44. The van der Waals surface area contributed by atoms with Crippen molar-refractivity contribution in [2.45, 2.75) is 34.1 Å². The van der Waals surface area contributed by atoms with Crippen LogP contribution in [0.4, 0.5) is 4.79 Å². The molecule has 0 aliphatic rings. The molecular formula is C13H23N3O. The number of amides is 2. The Morgan fingerprint density at radius 2 is 1.94 bits per heavy atom. The standard InChI is InChI=1S/C13H23N3O/c1-5-10(4)12(16-13(14)17)9-8-11(6-2)15-7-3/h6,8-9,15H,5,7H2,1-4H3,(H3,14,16,17)/b9-8-,11-6+,12-10?. The highest BCUT2D eigenvalue weighted by molar-refractivity contribution is 5.74. The highest BCUT2D eigenvalue weighted by Gasteiger charge is 2.00. The Bertz CT molecular complexity index is 341. The van der Waals surface area contributed by atoms with Gasteiger partial charge in [-0.1, -0.05) is 13.0 Å². The van der Waals surface area contributed by atoms with Crippen molar-refractivity contribution in [2.24, 2.45) is 5.73 Å². The number of carbonyl (C=O) groups excluding carboxylic acids is 1. The number of nitrogens with one attached hydrogen (secondary N) is 2. The van der Waals surface area contributed by atoms with Gasteiger partial charge in [0.1, 0.15) is 0 Å². The first-order chi connectivity index (χ1) is 8.04. The van der Waals surface area contributed by atoms with E-state index in [1.165, 1.54) is 0 Å². The number of primary amides is 1. The normalized spacial score (nSPS) is 13.5. The van der Waals surface area contributed by atoms with Gasteiger partial charge in [0, 0.05) is 17.9 Å². The predicted molar refractivity (Wildman–Crippen MR) is 72.3 cm³/mol. The van der Waals surface area contributed by atoms with Gasteiger partial charge < -0.3 is 16.4 Å². The lowest BCUT2D eigenvalue weighted by Crippen LogP contribution is -2.28. The molecule has 0 atom stereocenters. The van der Waals surface area contributed by atoms with Crippen molar-refractivity contribution in [1.29, 1.82) is 0 Å². The molecule has 0 fully saturated rings. The van der Waals surface area contributed by atoms with Crippen LogP contribution < -0.4 is 16.4 Å². The maximum atomic E-state index is 10.9. The fourth-order valence-electron chi connectivity index (χ4n) is 1.25. The third kappa shape index (κ3) is 6.45. The van der Waals surface area contributed by atoms with E-state index in [0.29, 0.717) is 0 Å². The zero-order chi connectivity index (χ0) is 13.3. The lowest BCUT2D eigenvalue weighted by atomic mass is 10.1. The number of rotatable bonds is 6. The number of nitrogens with two attached hydrogens (primary N) is 1. The van der Waals surface area contributed by atoms with Crippen LogP contribution in [0.25, 0.3) is 0 Å². The molecule has 2 amide bonds. The maximum absolute atomic E-state index is 10.9. The Hall–Kier alpha value is -1.71. The van der Waals surface area contributed by atoms with Gasteiger partial charge in [0.15, 0.2) is 0 Å². The van der Waals surface area contributed by atoms with E-state index in [-0.39, 0.29) is 0 Å². The third-order valence-electron chi connectivity index (χ3n) is 2.37. The molecular weight excluding hydrogens is 214 g/mol. The monoisotopic (exact) mass is 237 g/mol. The van der Waals surface area contributed by atoms with Crippen molar-refractivity contribution in [3.05, 3.63) is 35.2 Å². The summed E-state index contributed by atoms with van der Waals surface area (Å²) in [7, 11) is 0. The number of likely N-dealkylation sites (N-methyl/N-ethyl adjacent to an activating group) is 1. The Labute approximate surface area is 104 Å². The zero-order valence-electron chi connectivity index (χ0n) is 11.1. The van der Waals surface area contributed by atoms with Gasteiger partial charge in [-0.15, -0.1) is 0 Å². The summed E-state index contributed by atoms with van der Waals surface area (Å²) < 4.78 is 0. The first-order valence-corrected chi connectivity index (χ1v) is 5.89. The highest BCUT2D eigenvalue weighted by Crippen LogP contribution is 2.07. The molecule has 0 rings (SSSR count). The Morgan fingerprint density at radius 1 is 1.29 bits per heavy atom. The largest absolute Gasteiger partial charge is 0.386 e. The van der Waals surface area contributed by atoms with E-state index >= 15 is 0 Å². The molecule has 0 aromatic heterocycles. The van der Waals surface area contributed by atoms with Crippen molar-refractivity contribution in [2.75, 3.05) is 6.54 Å². The molecule has 0 radical (unpaired) electrons. The predicted octanol–water partition coefficient (Wildman–Crippen LogP) is 2.41. The van der Waals surface area contributed by atoms with E-state index in [1.807, 2.05) is 45.9 Å². The summed E-state index contributed by atoms with van der Waals surface area (Å²) in [6, 6.07) is -0.539. The molecule has 17 heavy (non-hydrogen) atoms. The average Bonchev–Trinajstić information content (AvgIpc) is 2.31. The van der Waals surface area contributed by atoms with E-state index in [1.54, 1.807) is 0 Å². The van der Waals surface area contributed by atoms with Crippen LogP contribution in [0.15, 0.2) is 35.2 Å². The molecule has 0 aliphatic heterocycles. The minimum atomic E-state index is -0.539. The summed E-state index contributed by atoms with van der Waals surface area (Å²) >= 11 is 0. The second-order valence-corrected chi connectivity index (χ2v) is 3.64. The number of hydrogen-bond donors (Lipinski definition) is 3. The summed E-state index contributed by atoms with van der Waals surface area (Å²) in [6.45, 7) is 8.86. The smallest absolute Gasteiger partial charge is 0.316 e. The maximum Gasteiger partial charge on any atom is 0.316 e. The Kier molecular flexibility index (Phi) is 7.59. The van der Waals surface area contributed by atoms with Crippen molar-refractivity contribution in [3.8, 4) is 0 Å². The fourth-order valence-corrected chi connectivity index (χ4v) is 1.25. The van der Waals surface area contributed by atoms with Gasteiger partial charge in [0.05, 0.1) is 0 Å². The van der Waals surface area contributed by atoms with Gasteiger partial charge in [-0.3, -0.25) is 0 Å². The minimum absolute atomic E-state index is 0.539. The van der Waals surface area contributed by atoms with Gasteiger partial charge >= 0.3 is 6.03 Å². The summed E-state index contributed by atoms with van der Waals surface area (Å²) in [5.74, 6) is 0. The summed E-state index contributed by atoms with van der Waals surface area (Å²) in [5.41, 5.74) is 8.00. The van der Waals surface area contributed by atoms with E-state index in [2.05, 4.69) is 10.6 Å². The van der Waals surface area contributed by atoms with Crippen molar-refractivity contribution < 1.29 is 4.79 Å². The second-order valence-electron chi connectivity index (χ2n) is 3.64.